The molecule has 0 aliphatic carbocycles. The molecule has 4 nitrogen and oxygen atoms in total. The van der Waals surface area contributed by atoms with Crippen LogP contribution >= 0.6 is 0 Å². The lowest BCUT2D eigenvalue weighted by Crippen LogP contribution is -2.14. The molecule has 1 unspecified atom stereocenters. The lowest BCUT2D eigenvalue weighted by molar-refractivity contribution is 0.430. The molecule has 0 saturated carbocycles. The first kappa shape index (κ1) is 7.61. The first-order valence-electron chi connectivity index (χ1n) is 4.24. The van der Waals surface area contributed by atoms with Gasteiger partial charge in [-0.05, 0) is 26.3 Å². The zero-order valence-electron chi connectivity index (χ0n) is 7.13. The van der Waals surface area contributed by atoms with Crippen molar-refractivity contribution in [2.24, 2.45) is 0 Å². The highest BCUT2D eigenvalue weighted by Gasteiger charge is 2.23. The first-order chi connectivity index (χ1) is 5.79. The number of nitrogens with zero attached hydrogens (tertiary/aromatic N) is 1. The molecule has 1 saturated heterocycles. The van der Waals surface area contributed by atoms with Crippen LogP contribution in [-0.4, -0.2) is 11.7 Å². The fraction of sp³-hybridized carbons (Fsp3) is 0.625. The summed E-state index contributed by atoms with van der Waals surface area (Å²) in [4.78, 5) is 0. The van der Waals surface area contributed by atoms with E-state index in [-0.39, 0.29) is 0 Å². The van der Waals surface area contributed by atoms with Crippen molar-refractivity contribution in [2.45, 2.75) is 25.8 Å². The number of nitrogens with two attached hydrogens (primary N) is 1. The fourth-order valence-corrected chi connectivity index (χ4v) is 1.75. The molecule has 12 heavy (non-hydrogen) atoms. The number of hydrogen-bond donors (Lipinski definition) is 2. The van der Waals surface area contributed by atoms with E-state index in [4.69, 9.17) is 10.3 Å². The summed E-state index contributed by atoms with van der Waals surface area (Å²) >= 11 is 0. The predicted octanol–water partition coefficient (Wildman–Crippen LogP) is 0.990. The number of rotatable bonds is 1. The molecule has 0 bridgehead atoms. The second kappa shape index (κ2) is 2.79. The molecule has 3 N–H and O–H groups in total. The van der Waals surface area contributed by atoms with Crippen LogP contribution in [0.4, 0.5) is 5.88 Å². The highest BCUT2D eigenvalue weighted by Crippen LogP contribution is 2.29. The number of nitrogen functional groups attached to an aromatic ring is 1. The molecule has 0 amide bonds. The van der Waals surface area contributed by atoms with Gasteiger partial charge in [-0.25, -0.2) is 0 Å². The molecule has 1 fully saturated rings. The SMILES string of the molecule is Cc1noc(N)c1C1CCCN1. The monoisotopic (exact) mass is 167 g/mol. The molecule has 1 aromatic heterocycles. The Balaban J connectivity index is 2.30. The van der Waals surface area contributed by atoms with Crippen molar-refractivity contribution < 1.29 is 4.52 Å². The van der Waals surface area contributed by atoms with Crippen LogP contribution in [0.1, 0.15) is 30.1 Å². The molecule has 0 spiro atoms. The quantitative estimate of drug-likeness (QED) is 0.654. The van der Waals surface area contributed by atoms with Crippen molar-refractivity contribution in [2.75, 3.05) is 12.3 Å². The summed E-state index contributed by atoms with van der Waals surface area (Å²) in [7, 11) is 0. The van der Waals surface area contributed by atoms with Gasteiger partial charge in [0.1, 0.15) is 0 Å². The maximum Gasteiger partial charge on any atom is 0.227 e. The minimum Gasteiger partial charge on any atom is -0.367 e. The minimum atomic E-state index is 0.358. The second-order valence-electron chi connectivity index (χ2n) is 3.19. The van der Waals surface area contributed by atoms with Gasteiger partial charge in [0.25, 0.3) is 0 Å². The second-order valence-corrected chi connectivity index (χ2v) is 3.19. The number of aryl methyl sites for hydroxylation is 1. The Morgan fingerprint density at radius 3 is 3.00 bits per heavy atom. The molecule has 1 aliphatic rings. The van der Waals surface area contributed by atoms with E-state index in [0.29, 0.717) is 11.9 Å². The molecular formula is C8H13N3O. The maximum atomic E-state index is 5.65. The lowest BCUT2D eigenvalue weighted by Gasteiger charge is -2.07. The van der Waals surface area contributed by atoms with Gasteiger partial charge in [-0.2, -0.15) is 0 Å². The van der Waals surface area contributed by atoms with Gasteiger partial charge in [0.15, 0.2) is 0 Å². The summed E-state index contributed by atoms with van der Waals surface area (Å²) < 4.78 is 4.90. The molecule has 1 aromatic rings. The summed E-state index contributed by atoms with van der Waals surface area (Å²) in [5, 5.41) is 7.18. The topological polar surface area (TPSA) is 64.1 Å². The van der Waals surface area contributed by atoms with Crippen LogP contribution in [0.15, 0.2) is 4.52 Å². The van der Waals surface area contributed by atoms with Crippen LogP contribution in [0.25, 0.3) is 0 Å². The van der Waals surface area contributed by atoms with E-state index in [2.05, 4.69) is 10.5 Å². The average Bonchev–Trinajstić information content (AvgIpc) is 2.61. The summed E-state index contributed by atoms with van der Waals surface area (Å²) in [6, 6.07) is 0.358. The third-order valence-electron chi connectivity index (χ3n) is 2.34. The molecule has 1 aliphatic heterocycles. The maximum absolute atomic E-state index is 5.65. The summed E-state index contributed by atoms with van der Waals surface area (Å²) in [6.45, 7) is 2.99. The first-order valence-corrected chi connectivity index (χ1v) is 4.24. The zero-order chi connectivity index (χ0) is 8.55. The van der Waals surface area contributed by atoms with Gasteiger partial charge >= 0.3 is 0 Å². The van der Waals surface area contributed by atoms with Gasteiger partial charge in [-0.15, -0.1) is 0 Å². The molecule has 0 aromatic carbocycles. The average molecular weight is 167 g/mol. The van der Waals surface area contributed by atoms with Crippen LogP contribution in [-0.2, 0) is 0 Å². The minimum absolute atomic E-state index is 0.358. The molecule has 4 heteroatoms. The molecular weight excluding hydrogens is 154 g/mol. The van der Waals surface area contributed by atoms with Crippen molar-refractivity contribution in [3.05, 3.63) is 11.3 Å². The van der Waals surface area contributed by atoms with E-state index in [1.165, 1.54) is 6.42 Å². The highest BCUT2D eigenvalue weighted by atomic mass is 16.5. The van der Waals surface area contributed by atoms with E-state index in [1.54, 1.807) is 0 Å². The van der Waals surface area contributed by atoms with Crippen LogP contribution in [0.5, 0.6) is 0 Å². The molecule has 1 atom stereocenters. The largest absolute Gasteiger partial charge is 0.367 e. The standard InChI is InChI=1S/C8H13N3O/c1-5-7(8(9)12-11-5)6-3-2-4-10-6/h6,10H,2-4,9H2,1H3. The molecule has 0 radical (unpaired) electrons. The van der Waals surface area contributed by atoms with Gasteiger partial charge in [-0.3, -0.25) is 0 Å². The third-order valence-corrected chi connectivity index (χ3v) is 2.34. The van der Waals surface area contributed by atoms with Gasteiger partial charge in [0.2, 0.25) is 5.88 Å². The van der Waals surface area contributed by atoms with E-state index < -0.39 is 0 Å². The Morgan fingerprint density at radius 1 is 1.67 bits per heavy atom. The Morgan fingerprint density at radius 2 is 2.50 bits per heavy atom. The summed E-state index contributed by atoms with van der Waals surface area (Å²) in [6.07, 6.45) is 2.33. The van der Waals surface area contributed by atoms with Crippen molar-refractivity contribution in [3.8, 4) is 0 Å². The number of nitrogens with one attached hydrogen (secondary N) is 1. The van der Waals surface area contributed by atoms with Gasteiger partial charge in [0, 0.05) is 6.04 Å². The third kappa shape index (κ3) is 1.08. The number of hydrogen-bond acceptors (Lipinski definition) is 4. The summed E-state index contributed by atoms with van der Waals surface area (Å²) in [5.41, 5.74) is 7.61. The van der Waals surface area contributed by atoms with E-state index in [0.717, 1.165) is 24.2 Å². The van der Waals surface area contributed by atoms with E-state index in [9.17, 15) is 0 Å². The van der Waals surface area contributed by atoms with Crippen LogP contribution in [0, 0.1) is 6.92 Å². The van der Waals surface area contributed by atoms with Crippen molar-refractivity contribution in [3.63, 3.8) is 0 Å². The van der Waals surface area contributed by atoms with Crippen LogP contribution in [0.2, 0.25) is 0 Å². The van der Waals surface area contributed by atoms with Gasteiger partial charge in [-0.1, -0.05) is 5.16 Å². The Hall–Kier alpha value is -1.03. The zero-order valence-corrected chi connectivity index (χ0v) is 7.13. The smallest absolute Gasteiger partial charge is 0.227 e. The van der Waals surface area contributed by atoms with Crippen LogP contribution in [0.3, 0.4) is 0 Å². The number of anilines is 1. The fourth-order valence-electron chi connectivity index (χ4n) is 1.75. The van der Waals surface area contributed by atoms with E-state index >= 15 is 0 Å². The number of aromatic nitrogens is 1. The van der Waals surface area contributed by atoms with Gasteiger partial charge < -0.3 is 15.6 Å². The summed E-state index contributed by atoms with van der Waals surface area (Å²) in [5.74, 6) is 0.465. The molecule has 2 rings (SSSR count). The van der Waals surface area contributed by atoms with E-state index in [1.807, 2.05) is 6.92 Å². The van der Waals surface area contributed by atoms with Crippen LogP contribution < -0.4 is 11.1 Å². The Bertz CT molecular complexity index is 256. The Kier molecular flexibility index (Phi) is 1.77. The van der Waals surface area contributed by atoms with Crippen molar-refractivity contribution in [1.29, 1.82) is 0 Å². The normalized spacial score (nSPS) is 23.2. The molecule has 66 valence electrons. The van der Waals surface area contributed by atoms with Crippen molar-refractivity contribution >= 4 is 5.88 Å². The van der Waals surface area contributed by atoms with Gasteiger partial charge in [0.05, 0.1) is 11.3 Å². The Labute approximate surface area is 71.1 Å². The predicted molar refractivity (Wildman–Crippen MR) is 45.6 cm³/mol. The molecule has 2 heterocycles. The van der Waals surface area contributed by atoms with Crippen molar-refractivity contribution in [1.82, 2.24) is 10.5 Å². The lowest BCUT2D eigenvalue weighted by atomic mass is 10.1. The highest BCUT2D eigenvalue weighted by molar-refractivity contribution is 5.41.